The molecule has 0 radical (unpaired) electrons. The Morgan fingerprint density at radius 3 is 1.47 bits per heavy atom. The predicted octanol–water partition coefficient (Wildman–Crippen LogP) is 1.86. The molecule has 2 heterocycles. The first kappa shape index (κ1) is 11.4. The first-order valence-electron chi connectivity index (χ1n) is 5.97. The molecule has 0 amide bonds. The minimum absolute atomic E-state index is 0.319. The van der Waals surface area contributed by atoms with Crippen molar-refractivity contribution in [3.8, 4) is 0 Å². The van der Waals surface area contributed by atoms with Crippen LogP contribution in [0.3, 0.4) is 0 Å². The third-order valence-electron chi connectivity index (χ3n) is 3.95. The maximum Gasteiger partial charge on any atom is 0.0566 e. The third kappa shape index (κ3) is 2.19. The molecule has 15 heavy (non-hydrogen) atoms. The highest BCUT2D eigenvalue weighted by atomic mass is 16.5. The molecule has 3 nitrogen and oxygen atoms in total. The molecule has 3 heteroatoms. The van der Waals surface area contributed by atoms with Gasteiger partial charge in [-0.2, -0.15) is 0 Å². The van der Waals surface area contributed by atoms with Crippen LogP contribution in [0.2, 0.25) is 0 Å². The Morgan fingerprint density at radius 1 is 0.867 bits per heavy atom. The molecule has 2 saturated heterocycles. The fourth-order valence-electron chi connectivity index (χ4n) is 2.04. The molecule has 0 aromatic carbocycles. The van der Waals surface area contributed by atoms with E-state index < -0.39 is 0 Å². The highest BCUT2D eigenvalue weighted by molar-refractivity contribution is 4.87. The molecule has 0 spiro atoms. The Labute approximate surface area is 92.1 Å². The molecule has 0 aromatic heterocycles. The zero-order valence-electron chi connectivity index (χ0n) is 9.88. The fourth-order valence-corrected chi connectivity index (χ4v) is 2.04. The quantitative estimate of drug-likeness (QED) is 0.675. The average molecular weight is 214 g/mol. The van der Waals surface area contributed by atoms with Gasteiger partial charge in [0.25, 0.3) is 0 Å². The Hall–Kier alpha value is -0.120. The van der Waals surface area contributed by atoms with Gasteiger partial charge in [0.1, 0.15) is 0 Å². The van der Waals surface area contributed by atoms with Gasteiger partial charge in [0.15, 0.2) is 0 Å². The van der Waals surface area contributed by atoms with Crippen LogP contribution in [0.1, 0.15) is 26.7 Å². The minimum atomic E-state index is 0.319. The second kappa shape index (κ2) is 4.40. The highest BCUT2D eigenvalue weighted by Gasteiger charge is 2.40. The molecule has 0 bridgehead atoms. The molecule has 2 rings (SSSR count). The van der Waals surface area contributed by atoms with E-state index in [0.29, 0.717) is 10.8 Å². The monoisotopic (exact) mass is 214 g/mol. The maximum absolute atomic E-state index is 5.87. The summed E-state index contributed by atoms with van der Waals surface area (Å²) in [7, 11) is 0. The Kier molecular flexibility index (Phi) is 3.33. The molecule has 0 atom stereocenters. The number of hydrogen-bond acceptors (Lipinski definition) is 3. The van der Waals surface area contributed by atoms with E-state index in [2.05, 4.69) is 13.8 Å². The zero-order chi connectivity index (χ0) is 10.8. The topological polar surface area (TPSA) is 27.7 Å². The lowest BCUT2D eigenvalue weighted by molar-refractivity contribution is -0.187. The van der Waals surface area contributed by atoms with E-state index >= 15 is 0 Å². The van der Waals surface area contributed by atoms with Gasteiger partial charge in [0, 0.05) is 10.8 Å². The van der Waals surface area contributed by atoms with E-state index in [1.807, 2.05) is 0 Å². The lowest BCUT2D eigenvalue weighted by Crippen LogP contribution is -2.49. The van der Waals surface area contributed by atoms with Gasteiger partial charge in [0.05, 0.1) is 39.6 Å². The molecule has 88 valence electrons. The maximum atomic E-state index is 5.87. The molecular formula is C12H22O3. The van der Waals surface area contributed by atoms with E-state index in [-0.39, 0.29) is 0 Å². The van der Waals surface area contributed by atoms with E-state index in [9.17, 15) is 0 Å². The summed E-state index contributed by atoms with van der Waals surface area (Å²) >= 11 is 0. The van der Waals surface area contributed by atoms with Gasteiger partial charge in [0.2, 0.25) is 0 Å². The van der Waals surface area contributed by atoms with E-state index in [4.69, 9.17) is 14.2 Å². The number of ether oxygens (including phenoxy) is 3. The number of hydrogen-bond donors (Lipinski definition) is 0. The number of rotatable bonds is 6. The summed E-state index contributed by atoms with van der Waals surface area (Å²) < 4.78 is 16.4. The van der Waals surface area contributed by atoms with Crippen molar-refractivity contribution in [2.75, 3.05) is 39.6 Å². The molecular weight excluding hydrogens is 192 g/mol. The van der Waals surface area contributed by atoms with Gasteiger partial charge in [-0.05, 0) is 12.8 Å². The predicted molar refractivity (Wildman–Crippen MR) is 57.9 cm³/mol. The first-order chi connectivity index (χ1) is 7.24. The van der Waals surface area contributed by atoms with Crippen molar-refractivity contribution in [3.63, 3.8) is 0 Å². The summed E-state index contributed by atoms with van der Waals surface area (Å²) in [6, 6.07) is 0. The minimum Gasteiger partial charge on any atom is -0.380 e. The van der Waals surface area contributed by atoms with Crippen LogP contribution in [0.4, 0.5) is 0 Å². The van der Waals surface area contributed by atoms with E-state index in [1.54, 1.807) is 0 Å². The molecule has 2 aliphatic rings. The van der Waals surface area contributed by atoms with Crippen LogP contribution in [0.5, 0.6) is 0 Å². The van der Waals surface area contributed by atoms with Gasteiger partial charge in [-0.3, -0.25) is 0 Å². The van der Waals surface area contributed by atoms with Crippen LogP contribution in [0, 0.1) is 10.8 Å². The van der Waals surface area contributed by atoms with Crippen LogP contribution in [-0.4, -0.2) is 39.6 Å². The van der Waals surface area contributed by atoms with Gasteiger partial charge in [-0.25, -0.2) is 0 Å². The van der Waals surface area contributed by atoms with Crippen LogP contribution in [0.15, 0.2) is 0 Å². The highest BCUT2D eigenvalue weighted by Crippen LogP contribution is 2.34. The average Bonchev–Trinajstić information content (AvgIpc) is 2.14. The molecule has 0 aliphatic carbocycles. The lowest BCUT2D eigenvalue weighted by atomic mass is 9.83. The molecule has 0 N–H and O–H groups in total. The second-order valence-electron chi connectivity index (χ2n) is 5.19. The third-order valence-corrected chi connectivity index (χ3v) is 3.95. The van der Waals surface area contributed by atoms with Crippen LogP contribution >= 0.6 is 0 Å². The van der Waals surface area contributed by atoms with Gasteiger partial charge >= 0.3 is 0 Å². The van der Waals surface area contributed by atoms with Crippen molar-refractivity contribution in [1.29, 1.82) is 0 Å². The summed E-state index contributed by atoms with van der Waals surface area (Å²) in [5, 5.41) is 0. The standard InChI is InChI=1S/C12H22O3/c1-3-11(5-13-6-11)9-15-10-12(4-2)7-14-8-12/h3-10H2,1-2H3. The van der Waals surface area contributed by atoms with Crippen LogP contribution in [0.25, 0.3) is 0 Å². The van der Waals surface area contributed by atoms with Crippen molar-refractivity contribution in [2.24, 2.45) is 10.8 Å². The molecule has 2 aliphatic heterocycles. The largest absolute Gasteiger partial charge is 0.380 e. The SMILES string of the molecule is CCC1(COCC2(CC)COC2)COC1. The van der Waals surface area contributed by atoms with Gasteiger partial charge in [-0.1, -0.05) is 13.8 Å². The summed E-state index contributed by atoms with van der Waals surface area (Å²) in [4.78, 5) is 0. The van der Waals surface area contributed by atoms with Crippen molar-refractivity contribution in [3.05, 3.63) is 0 Å². The Balaban J connectivity index is 1.69. The van der Waals surface area contributed by atoms with Crippen LogP contribution < -0.4 is 0 Å². The van der Waals surface area contributed by atoms with E-state index in [0.717, 1.165) is 52.5 Å². The smallest absolute Gasteiger partial charge is 0.0566 e. The van der Waals surface area contributed by atoms with Gasteiger partial charge < -0.3 is 14.2 Å². The molecule has 0 unspecified atom stereocenters. The molecule has 0 aromatic rings. The van der Waals surface area contributed by atoms with E-state index in [1.165, 1.54) is 0 Å². The van der Waals surface area contributed by atoms with Crippen molar-refractivity contribution < 1.29 is 14.2 Å². The van der Waals surface area contributed by atoms with Crippen molar-refractivity contribution >= 4 is 0 Å². The second-order valence-corrected chi connectivity index (χ2v) is 5.19. The first-order valence-corrected chi connectivity index (χ1v) is 5.97. The molecule has 0 saturated carbocycles. The van der Waals surface area contributed by atoms with Crippen LogP contribution in [-0.2, 0) is 14.2 Å². The zero-order valence-corrected chi connectivity index (χ0v) is 9.88. The summed E-state index contributed by atoms with van der Waals surface area (Å²) in [6.45, 7) is 9.63. The Bertz CT molecular complexity index is 174. The Morgan fingerprint density at radius 2 is 1.27 bits per heavy atom. The fraction of sp³-hybridized carbons (Fsp3) is 1.00. The van der Waals surface area contributed by atoms with Gasteiger partial charge in [-0.15, -0.1) is 0 Å². The summed E-state index contributed by atoms with van der Waals surface area (Å²) in [5.74, 6) is 0. The molecule has 2 fully saturated rings. The normalized spacial score (nSPS) is 26.8. The van der Waals surface area contributed by atoms with Crippen molar-refractivity contribution in [1.82, 2.24) is 0 Å². The summed E-state index contributed by atoms with van der Waals surface area (Å²) in [5.41, 5.74) is 0.638. The summed E-state index contributed by atoms with van der Waals surface area (Å²) in [6.07, 6.45) is 2.31. The van der Waals surface area contributed by atoms with Crippen molar-refractivity contribution in [2.45, 2.75) is 26.7 Å². The lowest BCUT2D eigenvalue weighted by Gasteiger charge is -2.44.